The summed E-state index contributed by atoms with van der Waals surface area (Å²) in [4.78, 5) is 22.6. The van der Waals surface area contributed by atoms with Crippen LogP contribution < -0.4 is 11.1 Å². The number of carbonyl (C=O) groups excluding carboxylic acids is 1. The third-order valence-corrected chi connectivity index (χ3v) is 8.98. The highest BCUT2D eigenvalue weighted by Crippen LogP contribution is 2.43. The Labute approximate surface area is 306 Å². The maximum Gasteiger partial charge on any atom is 0.472 e. The standard InChI is InChI=1S/C41H73N2O6P/c1-3-5-7-9-11-13-15-17-19-20-21-23-25-27-29-31-33-35-41(45)43-39(38-49-50(46,47)48-37-36-42)40(44)34-32-30-28-26-24-22-18-16-14-12-10-8-6-4-2/h5,7,11,13-14,16-17,19,24,26,32,34,39-40,44H,3-4,6,8-10,12,15,18,20-23,25,27-31,33,35-38,42H2,1-2H3,(H,43,45)(H,46,47)/b7-5-,13-11-,16-14+,19-17-,26-24+,34-32+. The highest BCUT2D eigenvalue weighted by molar-refractivity contribution is 7.47. The highest BCUT2D eigenvalue weighted by atomic mass is 31.2. The first kappa shape index (κ1) is 47.9. The van der Waals surface area contributed by atoms with Crippen molar-refractivity contribution in [1.82, 2.24) is 5.32 Å². The fourth-order valence-electron chi connectivity index (χ4n) is 5.06. The number of phosphoric acid groups is 1. The van der Waals surface area contributed by atoms with Crippen molar-refractivity contribution in [2.75, 3.05) is 19.8 Å². The van der Waals surface area contributed by atoms with Crippen molar-refractivity contribution in [3.8, 4) is 0 Å². The Bertz CT molecular complexity index is 1010. The molecule has 5 N–H and O–H groups in total. The lowest BCUT2D eigenvalue weighted by atomic mass is 10.1. The highest BCUT2D eigenvalue weighted by Gasteiger charge is 2.26. The predicted molar refractivity (Wildman–Crippen MR) is 212 cm³/mol. The van der Waals surface area contributed by atoms with Crippen LogP contribution in [0.4, 0.5) is 0 Å². The van der Waals surface area contributed by atoms with Gasteiger partial charge in [-0.3, -0.25) is 13.8 Å². The average Bonchev–Trinajstić information content (AvgIpc) is 3.10. The molecule has 0 aliphatic rings. The zero-order valence-electron chi connectivity index (χ0n) is 31.6. The summed E-state index contributed by atoms with van der Waals surface area (Å²) in [6, 6.07) is -0.891. The monoisotopic (exact) mass is 721 g/mol. The summed E-state index contributed by atoms with van der Waals surface area (Å²) in [5.41, 5.74) is 5.35. The van der Waals surface area contributed by atoms with Gasteiger partial charge in [0.1, 0.15) is 0 Å². The number of hydrogen-bond donors (Lipinski definition) is 4. The molecule has 0 radical (unpaired) electrons. The molecule has 0 rings (SSSR count). The van der Waals surface area contributed by atoms with Crippen LogP contribution in [0.1, 0.15) is 149 Å². The van der Waals surface area contributed by atoms with E-state index in [-0.39, 0.29) is 25.7 Å². The fraction of sp³-hybridized carbons (Fsp3) is 0.683. The maximum absolute atomic E-state index is 12.7. The molecule has 0 aliphatic heterocycles. The smallest absolute Gasteiger partial charge is 0.387 e. The lowest BCUT2D eigenvalue weighted by Gasteiger charge is -2.23. The van der Waals surface area contributed by atoms with Gasteiger partial charge in [-0.05, 0) is 77.0 Å². The van der Waals surface area contributed by atoms with Gasteiger partial charge in [0.05, 0.1) is 25.4 Å². The fourth-order valence-corrected chi connectivity index (χ4v) is 5.82. The number of carbonyl (C=O) groups is 1. The van der Waals surface area contributed by atoms with Crippen molar-refractivity contribution in [3.63, 3.8) is 0 Å². The van der Waals surface area contributed by atoms with E-state index in [1.165, 1.54) is 44.9 Å². The van der Waals surface area contributed by atoms with Crippen LogP contribution in [0, 0.1) is 0 Å². The molecule has 0 bridgehead atoms. The van der Waals surface area contributed by atoms with Crippen LogP contribution >= 0.6 is 7.82 Å². The average molecular weight is 721 g/mol. The number of nitrogens with one attached hydrogen (secondary N) is 1. The molecule has 0 saturated carbocycles. The summed E-state index contributed by atoms with van der Waals surface area (Å²) in [5, 5.41) is 13.6. The Kier molecular flexibility index (Phi) is 35.2. The van der Waals surface area contributed by atoms with E-state index >= 15 is 0 Å². The first-order chi connectivity index (χ1) is 24.4. The van der Waals surface area contributed by atoms with Gasteiger partial charge in [0.15, 0.2) is 0 Å². The molecule has 0 saturated heterocycles. The number of rotatable bonds is 35. The van der Waals surface area contributed by atoms with Crippen LogP contribution in [-0.4, -0.2) is 47.8 Å². The zero-order valence-corrected chi connectivity index (χ0v) is 32.5. The van der Waals surface area contributed by atoms with E-state index in [1.54, 1.807) is 6.08 Å². The van der Waals surface area contributed by atoms with Crippen LogP contribution in [0.5, 0.6) is 0 Å². The number of amides is 1. The van der Waals surface area contributed by atoms with Gasteiger partial charge >= 0.3 is 7.82 Å². The molecule has 0 spiro atoms. The number of aliphatic hydroxyl groups excluding tert-OH is 1. The van der Waals surface area contributed by atoms with Crippen molar-refractivity contribution in [2.45, 2.75) is 161 Å². The van der Waals surface area contributed by atoms with Gasteiger partial charge in [0, 0.05) is 13.0 Å². The summed E-state index contributed by atoms with van der Waals surface area (Å²) in [5.74, 6) is -0.223. The Morgan fingerprint density at radius 1 is 0.680 bits per heavy atom. The first-order valence-corrected chi connectivity index (χ1v) is 21.1. The SMILES string of the molecule is CC/C=C\C/C=C\C/C=C\CCCCCCCCCC(=O)NC(COP(=O)(O)OCCN)C(O)/C=C/CC/C=C/CC/C=C/CCCCCC. The number of unbranched alkanes of at least 4 members (excludes halogenated alkanes) is 13. The normalized spacial score (nSPS) is 15.1. The van der Waals surface area contributed by atoms with Crippen molar-refractivity contribution in [2.24, 2.45) is 5.73 Å². The molecule has 0 aromatic rings. The number of hydrogen-bond acceptors (Lipinski definition) is 6. The Hall–Kier alpha value is -2.06. The van der Waals surface area contributed by atoms with Crippen LogP contribution in [0.3, 0.4) is 0 Å². The summed E-state index contributed by atoms with van der Waals surface area (Å²) in [7, 11) is -4.35. The van der Waals surface area contributed by atoms with Crippen LogP contribution in [0.25, 0.3) is 0 Å². The topological polar surface area (TPSA) is 131 Å². The summed E-state index contributed by atoms with van der Waals surface area (Å²) < 4.78 is 22.0. The van der Waals surface area contributed by atoms with E-state index in [2.05, 4.69) is 79.9 Å². The van der Waals surface area contributed by atoms with Crippen LogP contribution in [0.2, 0.25) is 0 Å². The third-order valence-electron chi connectivity index (χ3n) is 7.99. The molecule has 1 amide bonds. The molecule has 9 heteroatoms. The molecule has 0 aliphatic carbocycles. The minimum absolute atomic E-state index is 0.0663. The molecule has 3 unspecified atom stereocenters. The number of aliphatic hydroxyl groups is 1. The second-order valence-corrected chi connectivity index (χ2v) is 14.2. The van der Waals surface area contributed by atoms with E-state index in [1.807, 2.05) is 6.08 Å². The second kappa shape index (κ2) is 36.7. The lowest BCUT2D eigenvalue weighted by molar-refractivity contribution is -0.123. The van der Waals surface area contributed by atoms with Crippen molar-refractivity contribution in [3.05, 3.63) is 72.9 Å². The van der Waals surface area contributed by atoms with Gasteiger partial charge in [0.25, 0.3) is 0 Å². The molecule has 0 fully saturated rings. The quantitative estimate of drug-likeness (QED) is 0.0291. The largest absolute Gasteiger partial charge is 0.472 e. The Balaban J connectivity index is 4.39. The maximum atomic E-state index is 12.7. The molecule has 50 heavy (non-hydrogen) atoms. The number of phosphoric ester groups is 1. The third kappa shape index (κ3) is 34.4. The molecular weight excluding hydrogens is 647 g/mol. The molecule has 3 atom stereocenters. The van der Waals surface area contributed by atoms with Gasteiger partial charge < -0.3 is 21.1 Å². The number of nitrogens with two attached hydrogens (primary N) is 1. The van der Waals surface area contributed by atoms with Gasteiger partial charge in [-0.15, -0.1) is 0 Å². The Morgan fingerprint density at radius 2 is 1.18 bits per heavy atom. The molecule has 0 heterocycles. The van der Waals surface area contributed by atoms with E-state index in [4.69, 9.17) is 14.8 Å². The molecular formula is C41H73N2O6P. The molecule has 0 aromatic carbocycles. The summed E-state index contributed by atoms with van der Waals surface area (Å²) in [6.07, 6.45) is 46.6. The summed E-state index contributed by atoms with van der Waals surface area (Å²) in [6.45, 7) is 3.93. The lowest BCUT2D eigenvalue weighted by Crippen LogP contribution is -2.45. The first-order valence-electron chi connectivity index (χ1n) is 19.6. The van der Waals surface area contributed by atoms with Gasteiger partial charge in [-0.1, -0.05) is 138 Å². The van der Waals surface area contributed by atoms with Gasteiger partial charge in [-0.25, -0.2) is 4.57 Å². The minimum atomic E-state index is -4.35. The van der Waals surface area contributed by atoms with Gasteiger partial charge in [0.2, 0.25) is 5.91 Å². The van der Waals surface area contributed by atoms with Crippen LogP contribution in [-0.2, 0) is 18.4 Å². The molecule has 0 aromatic heterocycles. The van der Waals surface area contributed by atoms with E-state index in [9.17, 15) is 19.4 Å². The van der Waals surface area contributed by atoms with Gasteiger partial charge in [-0.2, -0.15) is 0 Å². The van der Waals surface area contributed by atoms with E-state index in [0.29, 0.717) is 6.42 Å². The summed E-state index contributed by atoms with van der Waals surface area (Å²) >= 11 is 0. The van der Waals surface area contributed by atoms with Crippen molar-refractivity contribution < 1.29 is 28.4 Å². The Morgan fingerprint density at radius 3 is 1.78 bits per heavy atom. The predicted octanol–water partition coefficient (Wildman–Crippen LogP) is 10.5. The van der Waals surface area contributed by atoms with Crippen molar-refractivity contribution >= 4 is 13.7 Å². The minimum Gasteiger partial charge on any atom is -0.387 e. The van der Waals surface area contributed by atoms with E-state index in [0.717, 1.165) is 83.5 Å². The van der Waals surface area contributed by atoms with Crippen LogP contribution in [0.15, 0.2) is 72.9 Å². The van der Waals surface area contributed by atoms with E-state index < -0.39 is 20.0 Å². The molecule has 288 valence electrons. The van der Waals surface area contributed by atoms with Crippen molar-refractivity contribution in [1.29, 1.82) is 0 Å². The second-order valence-electron chi connectivity index (χ2n) is 12.7. The molecule has 8 nitrogen and oxygen atoms in total. The zero-order chi connectivity index (χ0) is 36.8. The number of allylic oxidation sites excluding steroid dienone is 11.